The highest BCUT2D eigenvalue weighted by atomic mass is 79.9. The van der Waals surface area contributed by atoms with E-state index in [2.05, 4.69) is 31.0 Å². The average molecular weight is 576 g/mol. The van der Waals surface area contributed by atoms with Crippen LogP contribution in [0.2, 0.25) is 0 Å². The Morgan fingerprint density at radius 2 is 1.86 bits per heavy atom. The van der Waals surface area contributed by atoms with Crippen LogP contribution in [0.4, 0.5) is 20.2 Å². The number of thiophene rings is 1. The highest BCUT2D eigenvalue weighted by Crippen LogP contribution is 2.37. The smallest absolute Gasteiger partial charge is 0.265 e. The second kappa shape index (κ2) is 11.2. The monoisotopic (exact) mass is 575 g/mol. The predicted molar refractivity (Wildman–Crippen MR) is 142 cm³/mol. The van der Waals surface area contributed by atoms with Gasteiger partial charge in [0.05, 0.1) is 4.88 Å². The fourth-order valence-corrected chi connectivity index (χ4v) is 4.98. The summed E-state index contributed by atoms with van der Waals surface area (Å²) < 4.78 is 36.8. The third kappa shape index (κ3) is 6.39. The number of hydrogen-bond donors (Lipinski definition) is 2. The van der Waals surface area contributed by atoms with Gasteiger partial charge < -0.3 is 14.8 Å². The lowest BCUT2D eigenvalue weighted by Crippen LogP contribution is -2.10. The van der Waals surface area contributed by atoms with E-state index in [1.807, 2.05) is 37.4 Å². The van der Waals surface area contributed by atoms with Gasteiger partial charge in [0.1, 0.15) is 29.7 Å². The number of amides is 1. The number of hydrogen-bond acceptors (Lipinski definition) is 6. The van der Waals surface area contributed by atoms with Crippen LogP contribution in [-0.4, -0.2) is 17.1 Å². The lowest BCUT2D eigenvalue weighted by atomic mass is 10.1. The first kappa shape index (κ1) is 25.2. The van der Waals surface area contributed by atoms with E-state index in [9.17, 15) is 13.6 Å². The van der Waals surface area contributed by atoms with Crippen molar-refractivity contribution in [1.82, 2.24) is 4.98 Å². The van der Waals surface area contributed by atoms with Crippen LogP contribution in [0.5, 0.6) is 5.75 Å². The van der Waals surface area contributed by atoms with Crippen LogP contribution in [0.1, 0.15) is 20.1 Å². The number of halogens is 3. The fraction of sp³-hybridized carbons (Fsp3) is 0.120. The highest BCUT2D eigenvalue weighted by molar-refractivity contribution is 9.10. The molecule has 4 rings (SSSR count). The Balaban J connectivity index is 1.57. The molecule has 0 fully saturated rings. The van der Waals surface area contributed by atoms with Crippen molar-refractivity contribution in [2.24, 2.45) is 0 Å². The van der Waals surface area contributed by atoms with Crippen LogP contribution < -0.4 is 14.8 Å². The number of benzene rings is 2. The van der Waals surface area contributed by atoms with Crippen molar-refractivity contribution in [3.05, 3.63) is 92.2 Å². The molecular formula is C25H20BrF2N3O2S2. The Morgan fingerprint density at radius 3 is 2.60 bits per heavy atom. The van der Waals surface area contributed by atoms with E-state index >= 15 is 0 Å². The Kier molecular flexibility index (Phi) is 8.04. The van der Waals surface area contributed by atoms with Crippen molar-refractivity contribution in [2.75, 3.05) is 16.3 Å². The lowest BCUT2D eigenvalue weighted by molar-refractivity contribution is 0.103. The van der Waals surface area contributed by atoms with Gasteiger partial charge in [-0.1, -0.05) is 18.0 Å². The summed E-state index contributed by atoms with van der Waals surface area (Å²) in [6.07, 6.45) is 3.55. The lowest BCUT2D eigenvalue weighted by Gasteiger charge is -2.11. The zero-order valence-electron chi connectivity index (χ0n) is 18.7. The summed E-state index contributed by atoms with van der Waals surface area (Å²) in [5.41, 5.74) is 3.19. The molecule has 0 saturated carbocycles. The Labute approximate surface area is 218 Å². The molecule has 0 atom stereocenters. The van der Waals surface area contributed by atoms with Gasteiger partial charge in [-0.3, -0.25) is 9.78 Å². The van der Waals surface area contributed by atoms with Gasteiger partial charge in [0, 0.05) is 44.8 Å². The number of nitrogens with one attached hydrogen (secondary N) is 2. The van der Waals surface area contributed by atoms with Crippen molar-refractivity contribution in [3.8, 4) is 17.0 Å². The van der Waals surface area contributed by atoms with E-state index in [0.717, 1.165) is 22.2 Å². The summed E-state index contributed by atoms with van der Waals surface area (Å²) in [6.45, 7) is 1.85. The maximum absolute atomic E-state index is 13.6. The van der Waals surface area contributed by atoms with Crippen molar-refractivity contribution in [2.45, 2.75) is 13.5 Å². The van der Waals surface area contributed by atoms with Crippen molar-refractivity contribution in [1.29, 1.82) is 0 Å². The predicted octanol–water partition coefficient (Wildman–Crippen LogP) is 7.68. The number of aromatic nitrogens is 1. The third-order valence-corrected chi connectivity index (χ3v) is 6.80. The van der Waals surface area contributed by atoms with Crippen LogP contribution in [0, 0.1) is 18.6 Å². The van der Waals surface area contributed by atoms with Crippen molar-refractivity contribution >= 4 is 56.5 Å². The fourth-order valence-electron chi connectivity index (χ4n) is 3.39. The molecule has 0 radical (unpaired) electrons. The normalized spacial score (nSPS) is 10.8. The van der Waals surface area contributed by atoms with Crippen LogP contribution in [0.3, 0.4) is 0 Å². The Hall–Kier alpha value is -2.95. The van der Waals surface area contributed by atoms with E-state index in [4.69, 9.17) is 4.74 Å². The van der Waals surface area contributed by atoms with Gasteiger partial charge in [0.15, 0.2) is 0 Å². The van der Waals surface area contributed by atoms with Crippen LogP contribution in [0.25, 0.3) is 11.3 Å². The number of aryl methyl sites for hydroxylation is 1. The van der Waals surface area contributed by atoms with Crippen LogP contribution in [-0.2, 0) is 6.61 Å². The third-order valence-electron chi connectivity index (χ3n) is 4.87. The second-order valence-electron chi connectivity index (χ2n) is 7.49. The minimum atomic E-state index is -0.671. The van der Waals surface area contributed by atoms with E-state index < -0.39 is 11.6 Å². The maximum Gasteiger partial charge on any atom is 0.265 e. The van der Waals surface area contributed by atoms with Gasteiger partial charge in [-0.05, 0) is 70.9 Å². The van der Waals surface area contributed by atoms with Gasteiger partial charge >= 0.3 is 0 Å². The molecule has 0 unspecified atom stereocenters. The van der Waals surface area contributed by atoms with E-state index in [1.54, 1.807) is 18.3 Å². The Morgan fingerprint density at radius 1 is 1.11 bits per heavy atom. The average Bonchev–Trinajstić information content (AvgIpc) is 3.19. The molecule has 1 amide bonds. The quantitative estimate of drug-likeness (QED) is 0.211. The van der Waals surface area contributed by atoms with Crippen LogP contribution >= 0.6 is 39.2 Å². The number of ether oxygens (including phenoxy) is 1. The summed E-state index contributed by atoms with van der Waals surface area (Å²) in [7, 11) is 0. The minimum absolute atomic E-state index is 0.0449. The zero-order chi connectivity index (χ0) is 24.9. The standard InChI is InChI=1S/C25H20BrF2N3O2S2/c1-14-21(11-23(35-14)25(32)30-19-4-3-5-20(10-19)31-34-2)24-22(8-16(26)12-29-24)33-13-15-6-17(27)9-18(28)7-15/h3-12,31H,13H2,1-2H3,(H,30,32). The molecule has 10 heteroatoms. The SMILES string of the molecule is CSNc1cccc(NC(=O)c2cc(-c3ncc(Br)cc3OCc3cc(F)cc(F)c3)c(C)s2)c1. The maximum atomic E-state index is 13.6. The van der Waals surface area contributed by atoms with Gasteiger partial charge in [0.25, 0.3) is 5.91 Å². The molecule has 2 aromatic carbocycles. The van der Waals surface area contributed by atoms with Gasteiger partial charge in [0.2, 0.25) is 0 Å². The van der Waals surface area contributed by atoms with Crippen molar-refractivity contribution < 1.29 is 18.3 Å². The number of anilines is 2. The number of pyridine rings is 1. The molecule has 0 aliphatic heterocycles. The molecule has 4 aromatic rings. The molecular weight excluding hydrogens is 556 g/mol. The molecule has 0 spiro atoms. The molecule has 2 heterocycles. The molecule has 180 valence electrons. The van der Waals surface area contributed by atoms with E-state index in [-0.39, 0.29) is 12.5 Å². The highest BCUT2D eigenvalue weighted by Gasteiger charge is 2.18. The summed E-state index contributed by atoms with van der Waals surface area (Å²) in [5, 5.41) is 2.92. The minimum Gasteiger partial charge on any atom is -0.487 e. The zero-order valence-corrected chi connectivity index (χ0v) is 21.9. The van der Waals surface area contributed by atoms with Gasteiger partial charge in [-0.2, -0.15) is 0 Å². The van der Waals surface area contributed by atoms with Gasteiger partial charge in [-0.25, -0.2) is 8.78 Å². The molecule has 2 aromatic heterocycles. The molecule has 0 aliphatic carbocycles. The first-order chi connectivity index (χ1) is 16.8. The summed E-state index contributed by atoms with van der Waals surface area (Å²) in [5.74, 6) is -1.15. The molecule has 35 heavy (non-hydrogen) atoms. The van der Waals surface area contributed by atoms with E-state index in [1.165, 1.54) is 35.4 Å². The number of carbonyl (C=O) groups is 1. The van der Waals surface area contributed by atoms with E-state index in [0.29, 0.717) is 32.0 Å². The first-order valence-electron chi connectivity index (χ1n) is 10.4. The summed E-state index contributed by atoms with van der Waals surface area (Å²) in [6, 6.07) is 14.2. The largest absolute Gasteiger partial charge is 0.487 e. The van der Waals surface area contributed by atoms with Gasteiger partial charge in [-0.15, -0.1) is 11.3 Å². The molecule has 0 bridgehead atoms. The summed E-state index contributed by atoms with van der Waals surface area (Å²) >= 11 is 6.20. The van der Waals surface area contributed by atoms with Crippen molar-refractivity contribution in [3.63, 3.8) is 0 Å². The molecule has 2 N–H and O–H groups in total. The number of rotatable bonds is 8. The second-order valence-corrected chi connectivity index (χ2v) is 10.3. The van der Waals surface area contributed by atoms with Crippen LogP contribution in [0.15, 0.2) is 65.3 Å². The first-order valence-corrected chi connectivity index (χ1v) is 13.2. The molecule has 5 nitrogen and oxygen atoms in total. The molecule has 0 saturated heterocycles. The number of nitrogens with zero attached hydrogens (tertiary/aromatic N) is 1. The molecule has 0 aliphatic rings. The topological polar surface area (TPSA) is 63.2 Å². The Bertz CT molecular complexity index is 1360. The summed E-state index contributed by atoms with van der Waals surface area (Å²) in [4.78, 5) is 18.8. The number of carbonyl (C=O) groups excluding carboxylic acids is 1.